The van der Waals surface area contributed by atoms with Crippen LogP contribution in [0.25, 0.3) is 0 Å². The first-order valence-corrected chi connectivity index (χ1v) is 6.32. The van der Waals surface area contributed by atoms with E-state index in [9.17, 15) is 10.2 Å². The lowest BCUT2D eigenvalue weighted by atomic mass is 9.88. The first-order valence-electron chi connectivity index (χ1n) is 5.52. The van der Waals surface area contributed by atoms with Crippen molar-refractivity contribution in [3.05, 3.63) is 28.5 Å². The molecule has 1 atom stereocenters. The van der Waals surface area contributed by atoms with Gasteiger partial charge in [-0.15, -0.1) is 0 Å². The number of aliphatic hydroxyl groups is 2. The smallest absolute Gasteiger partial charge is 0.0904 e. The molecule has 0 fully saturated rings. The largest absolute Gasteiger partial charge is 0.390 e. The zero-order chi connectivity index (χ0) is 12.2. The van der Waals surface area contributed by atoms with Crippen molar-refractivity contribution in [1.82, 2.24) is 4.98 Å². The SMILES string of the molecule is CCC(O)(CC)C(O)Cc1ccc(Br)cn1. The molecule has 0 saturated carbocycles. The molecular formula is C12H18BrNO2. The van der Waals surface area contributed by atoms with Crippen LogP contribution in [-0.4, -0.2) is 26.9 Å². The summed E-state index contributed by atoms with van der Waals surface area (Å²) in [4.78, 5) is 4.18. The standard InChI is InChI=1S/C12H18BrNO2/c1-3-12(16,4-2)11(15)7-10-6-5-9(13)8-14-10/h5-6,8,11,15-16H,3-4,7H2,1-2H3. The Bertz CT molecular complexity index is 322. The van der Waals surface area contributed by atoms with Gasteiger partial charge in [-0.05, 0) is 40.9 Å². The van der Waals surface area contributed by atoms with Crippen molar-refractivity contribution in [3.8, 4) is 0 Å². The van der Waals surface area contributed by atoms with Gasteiger partial charge in [0.25, 0.3) is 0 Å². The van der Waals surface area contributed by atoms with E-state index in [1.165, 1.54) is 0 Å². The maximum absolute atomic E-state index is 10.1. The molecule has 90 valence electrons. The second kappa shape index (κ2) is 5.75. The van der Waals surface area contributed by atoms with Crippen LogP contribution in [0.3, 0.4) is 0 Å². The Morgan fingerprint density at radius 3 is 2.44 bits per heavy atom. The monoisotopic (exact) mass is 287 g/mol. The average molecular weight is 288 g/mol. The minimum atomic E-state index is -1.01. The number of aliphatic hydroxyl groups excluding tert-OH is 1. The third-order valence-corrected chi connectivity index (χ3v) is 3.50. The third kappa shape index (κ3) is 3.27. The van der Waals surface area contributed by atoms with Crippen molar-refractivity contribution < 1.29 is 10.2 Å². The van der Waals surface area contributed by atoms with E-state index in [1.807, 2.05) is 26.0 Å². The molecule has 1 heterocycles. The average Bonchev–Trinajstić information content (AvgIpc) is 2.31. The highest BCUT2D eigenvalue weighted by Gasteiger charge is 2.31. The number of aromatic nitrogens is 1. The van der Waals surface area contributed by atoms with Gasteiger partial charge >= 0.3 is 0 Å². The van der Waals surface area contributed by atoms with Crippen LogP contribution in [0, 0.1) is 0 Å². The van der Waals surface area contributed by atoms with Gasteiger partial charge in [0.05, 0.1) is 11.7 Å². The Morgan fingerprint density at radius 1 is 1.38 bits per heavy atom. The number of rotatable bonds is 5. The van der Waals surface area contributed by atoms with Crippen molar-refractivity contribution in [1.29, 1.82) is 0 Å². The van der Waals surface area contributed by atoms with Crippen LogP contribution in [0.15, 0.2) is 22.8 Å². The molecule has 0 aliphatic rings. The number of pyridine rings is 1. The summed E-state index contributed by atoms with van der Waals surface area (Å²) in [5.74, 6) is 0. The number of nitrogens with zero attached hydrogens (tertiary/aromatic N) is 1. The lowest BCUT2D eigenvalue weighted by molar-refractivity contribution is -0.0793. The van der Waals surface area contributed by atoms with Crippen molar-refractivity contribution in [2.45, 2.75) is 44.8 Å². The van der Waals surface area contributed by atoms with Crippen LogP contribution in [0.2, 0.25) is 0 Å². The predicted octanol–water partition coefficient (Wildman–Crippen LogP) is 2.30. The zero-order valence-corrected chi connectivity index (χ0v) is 11.2. The van der Waals surface area contributed by atoms with E-state index in [2.05, 4.69) is 20.9 Å². The molecular weight excluding hydrogens is 270 g/mol. The molecule has 0 bridgehead atoms. The third-order valence-electron chi connectivity index (χ3n) is 3.04. The molecule has 1 aromatic heterocycles. The number of halogens is 1. The lowest BCUT2D eigenvalue weighted by Gasteiger charge is -2.30. The predicted molar refractivity (Wildman–Crippen MR) is 67.2 cm³/mol. The highest BCUT2D eigenvalue weighted by Crippen LogP contribution is 2.22. The normalized spacial score (nSPS) is 13.8. The molecule has 16 heavy (non-hydrogen) atoms. The summed E-state index contributed by atoms with van der Waals surface area (Å²) in [7, 11) is 0. The van der Waals surface area contributed by atoms with Crippen molar-refractivity contribution in [2.75, 3.05) is 0 Å². The van der Waals surface area contributed by atoms with Crippen LogP contribution < -0.4 is 0 Å². The second-order valence-corrected chi connectivity index (χ2v) is 4.91. The zero-order valence-electron chi connectivity index (χ0n) is 9.65. The summed E-state index contributed by atoms with van der Waals surface area (Å²) in [5, 5.41) is 20.1. The fraction of sp³-hybridized carbons (Fsp3) is 0.583. The summed E-state index contributed by atoms with van der Waals surface area (Å²) in [6.07, 6.45) is 2.39. The van der Waals surface area contributed by atoms with E-state index < -0.39 is 11.7 Å². The van der Waals surface area contributed by atoms with Gasteiger partial charge in [-0.1, -0.05) is 13.8 Å². The Balaban J connectivity index is 2.70. The van der Waals surface area contributed by atoms with Gasteiger partial charge in [-0.3, -0.25) is 4.98 Å². The quantitative estimate of drug-likeness (QED) is 0.874. The summed E-state index contributed by atoms with van der Waals surface area (Å²) in [6, 6.07) is 3.73. The Morgan fingerprint density at radius 2 is 2.00 bits per heavy atom. The van der Waals surface area contributed by atoms with Crippen molar-refractivity contribution >= 4 is 15.9 Å². The van der Waals surface area contributed by atoms with Gasteiger partial charge in [0.15, 0.2) is 0 Å². The van der Waals surface area contributed by atoms with Crippen LogP contribution in [0.5, 0.6) is 0 Å². The van der Waals surface area contributed by atoms with Crippen LogP contribution in [0.4, 0.5) is 0 Å². The highest BCUT2D eigenvalue weighted by atomic mass is 79.9. The molecule has 0 amide bonds. The molecule has 0 spiro atoms. The van der Waals surface area contributed by atoms with Gasteiger partial charge in [0.2, 0.25) is 0 Å². The molecule has 2 N–H and O–H groups in total. The van der Waals surface area contributed by atoms with Crippen LogP contribution >= 0.6 is 15.9 Å². The van der Waals surface area contributed by atoms with Crippen LogP contribution in [0.1, 0.15) is 32.4 Å². The van der Waals surface area contributed by atoms with Gasteiger partial charge in [-0.25, -0.2) is 0 Å². The molecule has 4 heteroatoms. The van der Waals surface area contributed by atoms with E-state index in [0.717, 1.165) is 10.2 Å². The van der Waals surface area contributed by atoms with E-state index in [-0.39, 0.29) is 0 Å². The number of hydrogen-bond acceptors (Lipinski definition) is 3. The topological polar surface area (TPSA) is 53.4 Å². The summed E-state index contributed by atoms with van der Waals surface area (Å²) in [5.41, 5.74) is -0.217. The lowest BCUT2D eigenvalue weighted by Crippen LogP contribution is -2.42. The van der Waals surface area contributed by atoms with Gasteiger partial charge in [0, 0.05) is 22.8 Å². The minimum absolute atomic E-state index is 0.380. The maximum atomic E-state index is 10.1. The van der Waals surface area contributed by atoms with Gasteiger partial charge in [-0.2, -0.15) is 0 Å². The first-order chi connectivity index (χ1) is 7.51. The van der Waals surface area contributed by atoms with Crippen LogP contribution in [-0.2, 0) is 6.42 Å². The fourth-order valence-electron chi connectivity index (χ4n) is 1.64. The van der Waals surface area contributed by atoms with E-state index in [1.54, 1.807) is 6.20 Å². The Hall–Kier alpha value is -0.450. The molecule has 1 rings (SSSR count). The van der Waals surface area contributed by atoms with E-state index >= 15 is 0 Å². The molecule has 1 unspecified atom stereocenters. The molecule has 0 saturated heterocycles. The van der Waals surface area contributed by atoms with Crippen molar-refractivity contribution in [2.24, 2.45) is 0 Å². The highest BCUT2D eigenvalue weighted by molar-refractivity contribution is 9.10. The molecule has 0 radical (unpaired) electrons. The molecule has 0 aliphatic carbocycles. The van der Waals surface area contributed by atoms with Gasteiger partial charge < -0.3 is 10.2 Å². The van der Waals surface area contributed by atoms with Crippen molar-refractivity contribution in [3.63, 3.8) is 0 Å². The van der Waals surface area contributed by atoms with Gasteiger partial charge in [0.1, 0.15) is 0 Å². The fourth-order valence-corrected chi connectivity index (χ4v) is 1.87. The molecule has 3 nitrogen and oxygen atoms in total. The summed E-state index contributed by atoms with van der Waals surface area (Å²) in [6.45, 7) is 3.75. The minimum Gasteiger partial charge on any atom is -0.390 e. The molecule has 0 aliphatic heterocycles. The maximum Gasteiger partial charge on any atom is 0.0904 e. The summed E-state index contributed by atoms with van der Waals surface area (Å²) < 4.78 is 0.909. The molecule has 0 aromatic carbocycles. The molecule has 1 aromatic rings. The number of hydrogen-bond donors (Lipinski definition) is 2. The summed E-state index contributed by atoms with van der Waals surface area (Å²) >= 11 is 3.30. The second-order valence-electron chi connectivity index (χ2n) is 4.00. The first kappa shape index (κ1) is 13.6. The van der Waals surface area contributed by atoms with E-state index in [4.69, 9.17) is 0 Å². The Labute approximate surface area is 105 Å². The van der Waals surface area contributed by atoms with E-state index in [0.29, 0.717) is 19.3 Å². The Kier molecular flexibility index (Phi) is 4.89.